The first-order chi connectivity index (χ1) is 10.8. The average molecular weight is 318 g/mol. The molecule has 2 heterocycles. The van der Waals surface area contributed by atoms with Gasteiger partial charge in [0, 0.05) is 17.6 Å². The zero-order chi connectivity index (χ0) is 15.4. The van der Waals surface area contributed by atoms with Crippen molar-refractivity contribution in [3.8, 4) is 17.0 Å². The van der Waals surface area contributed by atoms with Gasteiger partial charge in [-0.1, -0.05) is 0 Å². The van der Waals surface area contributed by atoms with E-state index < -0.39 is 0 Å². The van der Waals surface area contributed by atoms with Gasteiger partial charge in [-0.3, -0.25) is 4.79 Å². The predicted octanol–water partition coefficient (Wildman–Crippen LogP) is 3.18. The molecule has 0 aliphatic carbocycles. The van der Waals surface area contributed by atoms with Crippen LogP contribution in [-0.4, -0.2) is 30.7 Å². The van der Waals surface area contributed by atoms with Gasteiger partial charge in [0.15, 0.2) is 5.13 Å². The molecule has 5 nitrogen and oxygen atoms in total. The molecule has 1 N–H and O–H groups in total. The summed E-state index contributed by atoms with van der Waals surface area (Å²) < 4.78 is 10.7. The van der Waals surface area contributed by atoms with Crippen molar-refractivity contribution in [3.05, 3.63) is 29.6 Å². The minimum absolute atomic E-state index is 0.00917. The maximum absolute atomic E-state index is 12.0. The lowest BCUT2D eigenvalue weighted by Gasteiger charge is -2.06. The van der Waals surface area contributed by atoms with E-state index in [2.05, 4.69) is 10.3 Å². The number of ether oxygens (including phenoxy) is 2. The Labute approximate surface area is 133 Å². The highest BCUT2D eigenvalue weighted by atomic mass is 32.1. The third-order valence-electron chi connectivity index (χ3n) is 3.50. The van der Waals surface area contributed by atoms with Crippen LogP contribution >= 0.6 is 11.3 Å². The molecule has 1 aliphatic rings. The Bertz CT molecular complexity index is 633. The van der Waals surface area contributed by atoms with Gasteiger partial charge in [-0.2, -0.15) is 0 Å². The molecule has 116 valence electrons. The summed E-state index contributed by atoms with van der Waals surface area (Å²) in [6.45, 7) is 3.77. The van der Waals surface area contributed by atoms with E-state index in [1.807, 2.05) is 36.6 Å². The van der Waals surface area contributed by atoms with Gasteiger partial charge in [0.25, 0.3) is 0 Å². The fourth-order valence-corrected chi connectivity index (χ4v) is 3.02. The fraction of sp³-hybridized carbons (Fsp3) is 0.375. The SMILES string of the molecule is CCOc1ccc(-c2csc(NC(=O)[C@H]3CCOC3)n2)cc1. The molecule has 3 rings (SSSR count). The van der Waals surface area contributed by atoms with Gasteiger partial charge in [0.05, 0.1) is 24.8 Å². The Morgan fingerprint density at radius 1 is 1.45 bits per heavy atom. The van der Waals surface area contributed by atoms with Crippen molar-refractivity contribution in [3.63, 3.8) is 0 Å². The molecule has 1 aliphatic heterocycles. The second kappa shape index (κ2) is 6.89. The molecule has 0 bridgehead atoms. The van der Waals surface area contributed by atoms with Crippen molar-refractivity contribution in [2.45, 2.75) is 13.3 Å². The molecular formula is C16H18N2O3S. The smallest absolute Gasteiger partial charge is 0.231 e. The third kappa shape index (κ3) is 3.45. The van der Waals surface area contributed by atoms with Crippen molar-refractivity contribution in [2.75, 3.05) is 25.1 Å². The Hall–Kier alpha value is -1.92. The molecule has 22 heavy (non-hydrogen) atoms. The Morgan fingerprint density at radius 2 is 2.27 bits per heavy atom. The van der Waals surface area contributed by atoms with Gasteiger partial charge in [-0.05, 0) is 37.6 Å². The van der Waals surface area contributed by atoms with Crippen LogP contribution in [0.25, 0.3) is 11.3 Å². The minimum atomic E-state index is -0.0576. The number of thiazole rings is 1. The maximum Gasteiger partial charge on any atom is 0.231 e. The first kappa shape index (κ1) is 15.0. The van der Waals surface area contributed by atoms with E-state index >= 15 is 0 Å². The number of hydrogen-bond acceptors (Lipinski definition) is 5. The minimum Gasteiger partial charge on any atom is -0.494 e. The number of anilines is 1. The number of nitrogens with one attached hydrogen (secondary N) is 1. The normalized spacial score (nSPS) is 17.4. The standard InChI is InChI=1S/C16H18N2O3S/c1-2-21-13-5-3-11(4-6-13)14-10-22-16(17-14)18-15(19)12-7-8-20-9-12/h3-6,10,12H,2,7-9H2,1H3,(H,17,18,19)/t12-/m0/s1. The van der Waals surface area contributed by atoms with Crippen LogP contribution < -0.4 is 10.1 Å². The molecule has 0 spiro atoms. The summed E-state index contributed by atoms with van der Waals surface area (Å²) in [6.07, 6.45) is 0.781. The zero-order valence-electron chi connectivity index (χ0n) is 12.4. The molecule has 1 saturated heterocycles. The molecule has 0 unspecified atom stereocenters. The zero-order valence-corrected chi connectivity index (χ0v) is 13.2. The number of hydrogen-bond donors (Lipinski definition) is 1. The summed E-state index contributed by atoms with van der Waals surface area (Å²) in [4.78, 5) is 16.5. The molecule has 2 aromatic rings. The average Bonchev–Trinajstić information content (AvgIpc) is 3.19. The largest absolute Gasteiger partial charge is 0.494 e. The Balaban J connectivity index is 1.66. The van der Waals surface area contributed by atoms with Crippen molar-refractivity contribution in [1.29, 1.82) is 0 Å². The summed E-state index contributed by atoms with van der Waals surface area (Å²) in [6, 6.07) is 7.78. The second-order valence-corrected chi connectivity index (χ2v) is 5.90. The highest BCUT2D eigenvalue weighted by Gasteiger charge is 2.24. The molecule has 0 saturated carbocycles. The van der Waals surface area contributed by atoms with Crippen LogP contribution in [0.1, 0.15) is 13.3 Å². The first-order valence-corrected chi connectivity index (χ1v) is 8.21. The van der Waals surface area contributed by atoms with E-state index in [9.17, 15) is 4.79 Å². The lowest BCUT2D eigenvalue weighted by atomic mass is 10.1. The number of nitrogens with zero attached hydrogens (tertiary/aromatic N) is 1. The van der Waals surface area contributed by atoms with E-state index in [1.54, 1.807) is 0 Å². The van der Waals surface area contributed by atoms with Crippen molar-refractivity contribution < 1.29 is 14.3 Å². The molecule has 0 radical (unpaired) electrons. The van der Waals surface area contributed by atoms with Crippen LogP contribution in [-0.2, 0) is 9.53 Å². The quantitative estimate of drug-likeness (QED) is 0.920. The molecule has 1 amide bonds. The van der Waals surface area contributed by atoms with Gasteiger partial charge in [-0.15, -0.1) is 11.3 Å². The molecule has 1 aromatic carbocycles. The number of aromatic nitrogens is 1. The van der Waals surface area contributed by atoms with Gasteiger partial charge in [-0.25, -0.2) is 4.98 Å². The van der Waals surface area contributed by atoms with Gasteiger partial charge in [0.2, 0.25) is 5.91 Å². The number of rotatable bonds is 5. The second-order valence-electron chi connectivity index (χ2n) is 5.05. The van der Waals surface area contributed by atoms with E-state index in [-0.39, 0.29) is 11.8 Å². The van der Waals surface area contributed by atoms with Crippen LogP contribution in [0.5, 0.6) is 5.75 Å². The third-order valence-corrected chi connectivity index (χ3v) is 4.25. The Morgan fingerprint density at radius 3 is 2.95 bits per heavy atom. The lowest BCUT2D eigenvalue weighted by Crippen LogP contribution is -2.22. The highest BCUT2D eigenvalue weighted by molar-refractivity contribution is 7.14. The number of amides is 1. The van der Waals surface area contributed by atoms with E-state index in [1.165, 1.54) is 11.3 Å². The van der Waals surface area contributed by atoms with Crippen molar-refractivity contribution in [2.24, 2.45) is 5.92 Å². The van der Waals surface area contributed by atoms with E-state index in [0.717, 1.165) is 23.4 Å². The molecule has 1 aromatic heterocycles. The van der Waals surface area contributed by atoms with Crippen molar-refractivity contribution >= 4 is 22.4 Å². The summed E-state index contributed by atoms with van der Waals surface area (Å²) in [5.74, 6) is 0.777. The number of carbonyl (C=O) groups excluding carboxylic acids is 1. The summed E-state index contributed by atoms with van der Waals surface area (Å²) >= 11 is 1.43. The highest BCUT2D eigenvalue weighted by Crippen LogP contribution is 2.27. The predicted molar refractivity (Wildman–Crippen MR) is 86.3 cm³/mol. The van der Waals surface area contributed by atoms with Gasteiger partial charge < -0.3 is 14.8 Å². The molecule has 1 atom stereocenters. The first-order valence-electron chi connectivity index (χ1n) is 7.33. The molecule has 1 fully saturated rings. The van der Waals surface area contributed by atoms with Crippen LogP contribution in [0.4, 0.5) is 5.13 Å². The fourth-order valence-electron chi connectivity index (χ4n) is 2.30. The van der Waals surface area contributed by atoms with Crippen LogP contribution in [0.3, 0.4) is 0 Å². The monoisotopic (exact) mass is 318 g/mol. The summed E-state index contributed by atoms with van der Waals surface area (Å²) in [7, 11) is 0. The van der Waals surface area contributed by atoms with Gasteiger partial charge in [0.1, 0.15) is 5.75 Å². The van der Waals surface area contributed by atoms with Crippen LogP contribution in [0, 0.1) is 5.92 Å². The lowest BCUT2D eigenvalue weighted by molar-refractivity contribution is -0.119. The molecule has 6 heteroatoms. The van der Waals surface area contributed by atoms with E-state index in [4.69, 9.17) is 9.47 Å². The van der Waals surface area contributed by atoms with Crippen LogP contribution in [0.2, 0.25) is 0 Å². The summed E-state index contributed by atoms with van der Waals surface area (Å²) in [5.41, 5.74) is 1.86. The van der Waals surface area contributed by atoms with E-state index in [0.29, 0.717) is 25.0 Å². The van der Waals surface area contributed by atoms with Gasteiger partial charge >= 0.3 is 0 Å². The van der Waals surface area contributed by atoms with Crippen molar-refractivity contribution in [1.82, 2.24) is 4.98 Å². The van der Waals surface area contributed by atoms with Crippen LogP contribution in [0.15, 0.2) is 29.6 Å². The maximum atomic E-state index is 12.0. The Kier molecular flexibility index (Phi) is 4.70. The molecular weight excluding hydrogens is 300 g/mol. The summed E-state index contributed by atoms with van der Waals surface area (Å²) in [5, 5.41) is 5.44. The number of carbonyl (C=O) groups is 1. The number of benzene rings is 1. The topological polar surface area (TPSA) is 60.5 Å².